The van der Waals surface area contributed by atoms with E-state index in [0.29, 0.717) is 0 Å². The average Bonchev–Trinajstić information content (AvgIpc) is 2.95. The quantitative estimate of drug-likeness (QED) is 0.177. The number of rotatable bonds is 13. The predicted octanol–water partition coefficient (Wildman–Crippen LogP) is 3.61. The molecule has 0 fully saturated rings. The normalized spacial score (nSPS) is 11.6. The van der Waals surface area contributed by atoms with E-state index in [1.165, 1.54) is 6.07 Å². The fourth-order valence-corrected chi connectivity index (χ4v) is 4.53. The van der Waals surface area contributed by atoms with Crippen molar-refractivity contribution in [2.45, 2.75) is 43.4 Å². The largest absolute Gasteiger partial charge is 0.459 e. The maximum atomic E-state index is 12.8. The van der Waals surface area contributed by atoms with E-state index in [1.54, 1.807) is 48.5 Å². The zero-order valence-corrected chi connectivity index (χ0v) is 22.0. The molecule has 2 N–H and O–H groups in total. The third-order valence-electron chi connectivity index (χ3n) is 5.50. The van der Waals surface area contributed by atoms with Gasteiger partial charge in [0, 0.05) is 18.6 Å². The van der Waals surface area contributed by atoms with Crippen LogP contribution < -0.4 is 10.0 Å². The summed E-state index contributed by atoms with van der Waals surface area (Å²) in [4.78, 5) is 47.2. The number of nitrogens with one attached hydrogen (secondary N) is 2. The van der Waals surface area contributed by atoms with Gasteiger partial charge in [0.25, 0.3) is 15.7 Å². The molecule has 0 bridgehead atoms. The van der Waals surface area contributed by atoms with E-state index in [0.717, 1.165) is 29.3 Å². The predicted molar refractivity (Wildman–Crippen MR) is 142 cm³/mol. The Morgan fingerprint density at radius 1 is 0.850 bits per heavy atom. The van der Waals surface area contributed by atoms with Crippen LogP contribution in [0.15, 0.2) is 89.8 Å². The van der Waals surface area contributed by atoms with Crippen molar-refractivity contribution in [3.05, 3.63) is 106 Å². The highest BCUT2D eigenvalue weighted by Crippen LogP contribution is 2.17. The van der Waals surface area contributed by atoms with Gasteiger partial charge in [-0.15, -0.1) is 0 Å². The van der Waals surface area contributed by atoms with E-state index in [9.17, 15) is 32.9 Å². The Bertz CT molecular complexity index is 1430. The van der Waals surface area contributed by atoms with Crippen LogP contribution in [0.3, 0.4) is 0 Å². The Morgan fingerprint density at radius 3 is 2.05 bits per heavy atom. The summed E-state index contributed by atoms with van der Waals surface area (Å²) in [6.07, 6.45) is -1.25. The van der Waals surface area contributed by atoms with Crippen molar-refractivity contribution in [1.29, 1.82) is 0 Å². The molecule has 1 unspecified atom stereocenters. The molecule has 0 aliphatic rings. The molecule has 13 heteroatoms. The maximum absolute atomic E-state index is 12.8. The molecule has 3 rings (SSSR count). The van der Waals surface area contributed by atoms with Gasteiger partial charge in [-0.2, -0.15) is 0 Å². The van der Waals surface area contributed by atoms with E-state index in [2.05, 4.69) is 5.32 Å². The van der Waals surface area contributed by atoms with Gasteiger partial charge in [0.05, 0.1) is 9.82 Å². The molecule has 210 valence electrons. The second kappa shape index (κ2) is 14.4. The van der Waals surface area contributed by atoms with Gasteiger partial charge in [-0.05, 0) is 30.0 Å². The zero-order chi connectivity index (χ0) is 29.0. The van der Waals surface area contributed by atoms with Crippen LogP contribution >= 0.6 is 0 Å². The molecule has 0 heterocycles. The lowest BCUT2D eigenvalue weighted by atomic mass is 10.1. The minimum Gasteiger partial charge on any atom is -0.459 e. The van der Waals surface area contributed by atoms with E-state index in [-0.39, 0.29) is 32.5 Å². The van der Waals surface area contributed by atoms with Crippen LogP contribution in [0.1, 0.15) is 30.4 Å². The number of carbonyl (C=O) groups excluding carboxylic acids is 3. The first-order valence-corrected chi connectivity index (χ1v) is 13.6. The number of non-ortho nitro benzene ring substituents is 1. The zero-order valence-electron chi connectivity index (χ0n) is 21.2. The smallest absolute Gasteiger partial charge is 0.408 e. The number of alkyl carbamates (subject to hydrolysis) is 1. The lowest BCUT2D eigenvalue weighted by Gasteiger charge is -2.18. The third kappa shape index (κ3) is 9.51. The molecule has 1 atom stereocenters. The number of ether oxygens (including phenoxy) is 2. The van der Waals surface area contributed by atoms with Crippen molar-refractivity contribution in [3.8, 4) is 0 Å². The summed E-state index contributed by atoms with van der Waals surface area (Å²) in [5.74, 6) is -1.65. The molecular weight excluding hydrogens is 542 g/mol. The highest BCUT2D eigenvalue weighted by Gasteiger charge is 2.25. The molecule has 3 aromatic carbocycles. The Labute approximate surface area is 230 Å². The Kier molecular flexibility index (Phi) is 10.7. The Balaban J connectivity index is 1.57. The van der Waals surface area contributed by atoms with Gasteiger partial charge in [-0.3, -0.25) is 14.9 Å². The number of sulfonamides is 1. The van der Waals surface area contributed by atoms with Gasteiger partial charge < -0.3 is 14.8 Å². The molecule has 3 aromatic rings. The van der Waals surface area contributed by atoms with Crippen molar-refractivity contribution in [3.63, 3.8) is 0 Å². The lowest BCUT2D eigenvalue weighted by molar-refractivity contribution is -0.385. The van der Waals surface area contributed by atoms with Crippen molar-refractivity contribution in [2.24, 2.45) is 0 Å². The summed E-state index contributed by atoms with van der Waals surface area (Å²) in [7, 11) is -4.36. The van der Waals surface area contributed by atoms with Crippen LogP contribution in [0.5, 0.6) is 0 Å². The number of nitrogens with zero attached hydrogens (tertiary/aromatic N) is 1. The number of carbonyl (C=O) groups is 3. The van der Waals surface area contributed by atoms with Crippen molar-refractivity contribution >= 4 is 33.7 Å². The number of benzene rings is 3. The number of amides is 2. The fourth-order valence-electron chi connectivity index (χ4n) is 3.48. The van der Waals surface area contributed by atoms with Gasteiger partial charge in [-0.1, -0.05) is 66.7 Å². The van der Waals surface area contributed by atoms with Gasteiger partial charge >= 0.3 is 12.1 Å². The average molecular weight is 570 g/mol. The summed E-state index contributed by atoms with van der Waals surface area (Å²) in [6.45, 7) is -0.0742. The number of nitro benzene ring substituents is 1. The Morgan fingerprint density at radius 2 is 1.45 bits per heavy atom. The molecule has 2 amide bonds. The van der Waals surface area contributed by atoms with Crippen LogP contribution in [0.25, 0.3) is 0 Å². The molecule has 0 radical (unpaired) electrons. The van der Waals surface area contributed by atoms with Crippen molar-refractivity contribution < 1.29 is 37.2 Å². The molecule has 0 aliphatic carbocycles. The molecule has 0 saturated carbocycles. The monoisotopic (exact) mass is 569 g/mol. The number of hydrogen-bond acceptors (Lipinski definition) is 9. The van der Waals surface area contributed by atoms with Gasteiger partial charge in [0.2, 0.25) is 5.91 Å². The van der Waals surface area contributed by atoms with Crippen LogP contribution in [0, 0.1) is 10.1 Å². The fraction of sp³-hybridized carbons (Fsp3) is 0.222. The first-order valence-electron chi connectivity index (χ1n) is 12.1. The minimum absolute atomic E-state index is 0.000357. The highest BCUT2D eigenvalue weighted by molar-refractivity contribution is 7.90. The maximum Gasteiger partial charge on any atom is 0.408 e. The molecular formula is C27H27N3O9S. The minimum atomic E-state index is -4.36. The third-order valence-corrected chi connectivity index (χ3v) is 6.87. The summed E-state index contributed by atoms with van der Waals surface area (Å²) in [6, 6.07) is 20.9. The molecule has 40 heavy (non-hydrogen) atoms. The molecule has 0 aliphatic heterocycles. The number of esters is 1. The van der Waals surface area contributed by atoms with Crippen LogP contribution in [0.4, 0.5) is 10.5 Å². The molecule has 0 saturated heterocycles. The van der Waals surface area contributed by atoms with Crippen LogP contribution in [-0.4, -0.2) is 37.4 Å². The van der Waals surface area contributed by atoms with E-state index < -0.39 is 49.5 Å². The SMILES string of the molecule is O=C(CCCC(NC(=O)OCc1ccccc1)C(=O)OCc1ccccc1)NS(=O)(=O)c1cccc([N+](=O)[O-])c1. The second-order valence-electron chi connectivity index (χ2n) is 8.53. The molecule has 12 nitrogen and oxygen atoms in total. The molecule has 0 spiro atoms. The topological polar surface area (TPSA) is 171 Å². The first-order chi connectivity index (χ1) is 19.1. The lowest BCUT2D eigenvalue weighted by Crippen LogP contribution is -2.42. The standard InChI is InChI=1S/C27H27N3O9S/c31-25(29-40(36,37)23-14-7-13-22(17-23)30(34)35)16-8-15-24(26(32)38-18-20-9-3-1-4-10-20)28-27(33)39-19-21-11-5-2-6-12-21/h1-7,9-14,17,24H,8,15-16,18-19H2,(H,28,33)(H,29,31). The van der Waals surface area contributed by atoms with E-state index in [4.69, 9.17) is 9.47 Å². The van der Waals surface area contributed by atoms with Crippen molar-refractivity contribution in [1.82, 2.24) is 10.0 Å². The van der Waals surface area contributed by atoms with E-state index in [1.807, 2.05) is 16.9 Å². The summed E-state index contributed by atoms with van der Waals surface area (Å²) in [5.41, 5.74) is 1.02. The second-order valence-corrected chi connectivity index (χ2v) is 10.2. The highest BCUT2D eigenvalue weighted by atomic mass is 32.2. The number of nitro groups is 1. The summed E-state index contributed by atoms with van der Waals surface area (Å²) < 4.78 is 37.3. The van der Waals surface area contributed by atoms with Gasteiger partial charge in [0.15, 0.2) is 0 Å². The Hall–Kier alpha value is -4.78. The van der Waals surface area contributed by atoms with E-state index >= 15 is 0 Å². The van der Waals surface area contributed by atoms with Gasteiger partial charge in [-0.25, -0.2) is 22.7 Å². The van der Waals surface area contributed by atoms with Crippen molar-refractivity contribution in [2.75, 3.05) is 0 Å². The van der Waals surface area contributed by atoms with Crippen LogP contribution in [-0.2, 0) is 42.3 Å². The first kappa shape index (κ1) is 29.8. The van der Waals surface area contributed by atoms with Gasteiger partial charge in [0.1, 0.15) is 19.3 Å². The van der Waals surface area contributed by atoms with Crippen LogP contribution in [0.2, 0.25) is 0 Å². The molecule has 0 aromatic heterocycles. The summed E-state index contributed by atoms with van der Waals surface area (Å²) in [5, 5.41) is 13.4. The number of hydrogen-bond donors (Lipinski definition) is 2. The summed E-state index contributed by atoms with van der Waals surface area (Å²) >= 11 is 0.